The zero-order valence-corrected chi connectivity index (χ0v) is 40.6. The molecule has 11 aromatic rings. The van der Waals surface area contributed by atoms with Gasteiger partial charge in [-0.25, -0.2) is 0 Å². The Morgan fingerprint density at radius 1 is 0.225 bits per heavy atom. The molecule has 0 atom stereocenters. The summed E-state index contributed by atoms with van der Waals surface area (Å²) in [6.07, 6.45) is 0. The molecule has 0 unspecified atom stereocenters. The molecule has 1 heteroatoms. The molecule has 2 aliphatic rings. The summed E-state index contributed by atoms with van der Waals surface area (Å²) in [5, 5.41) is 2.50. The fourth-order valence-electron chi connectivity index (χ4n) is 11.7. The van der Waals surface area contributed by atoms with Gasteiger partial charge < -0.3 is 4.90 Å². The highest BCUT2D eigenvalue weighted by molar-refractivity contribution is 5.92. The molecule has 0 spiro atoms. The van der Waals surface area contributed by atoms with Crippen molar-refractivity contribution in [3.8, 4) is 77.9 Å². The number of anilines is 3. The van der Waals surface area contributed by atoms with Crippen LogP contribution in [0, 0.1) is 0 Å². The molecule has 0 saturated carbocycles. The quantitative estimate of drug-likeness (QED) is 0.147. The van der Waals surface area contributed by atoms with Crippen LogP contribution in [-0.4, -0.2) is 0 Å². The minimum Gasteiger partial charge on any atom is -0.310 e. The molecule has 2 aliphatic carbocycles. The Kier molecular flexibility index (Phi) is 9.94. The molecular weight excluding hydrogens is 855 g/mol. The molecule has 0 bridgehead atoms. The standard InChI is InChI=1S/C70H53N/c1-69(2)65-42-56(51-23-19-49(20-24-51)46-13-7-5-8-14-46)31-37-61(65)63-39-35-59(44-67(63)69)71(58-33-29-53(30-34-58)55-28-27-48-17-11-12-18-54(48)41-55)60-36-40-64-62-38-32-57(43-66(62)70(3,4)68(64)45-60)52-25-21-50(22-26-52)47-15-9-6-10-16-47/h5-45H,1-4H3. The molecule has 0 saturated heterocycles. The van der Waals surface area contributed by atoms with Gasteiger partial charge in [-0.1, -0.05) is 222 Å². The average Bonchev–Trinajstić information content (AvgIpc) is 3.79. The molecule has 0 N–H and O–H groups in total. The second-order valence-electron chi connectivity index (χ2n) is 20.6. The van der Waals surface area contributed by atoms with E-state index >= 15 is 0 Å². The van der Waals surface area contributed by atoms with Crippen molar-refractivity contribution in [1.29, 1.82) is 0 Å². The highest BCUT2D eigenvalue weighted by Gasteiger charge is 2.38. The first-order chi connectivity index (χ1) is 34.7. The van der Waals surface area contributed by atoms with Crippen LogP contribution < -0.4 is 4.90 Å². The predicted molar refractivity (Wildman–Crippen MR) is 301 cm³/mol. The van der Waals surface area contributed by atoms with E-state index in [1.807, 2.05) is 0 Å². The highest BCUT2D eigenvalue weighted by atomic mass is 15.1. The zero-order valence-electron chi connectivity index (χ0n) is 40.6. The van der Waals surface area contributed by atoms with Gasteiger partial charge in [0.05, 0.1) is 0 Å². The van der Waals surface area contributed by atoms with Crippen molar-refractivity contribution in [2.45, 2.75) is 38.5 Å². The summed E-state index contributed by atoms with van der Waals surface area (Å²) in [6.45, 7) is 9.59. The number of hydrogen-bond donors (Lipinski definition) is 0. The van der Waals surface area contributed by atoms with Crippen LogP contribution in [-0.2, 0) is 10.8 Å². The Labute approximate surface area is 418 Å². The first-order valence-corrected chi connectivity index (χ1v) is 25.0. The van der Waals surface area contributed by atoms with Crippen molar-refractivity contribution in [3.05, 3.63) is 271 Å². The van der Waals surface area contributed by atoms with Crippen molar-refractivity contribution in [2.75, 3.05) is 4.90 Å². The molecule has 0 amide bonds. The average molecular weight is 908 g/mol. The maximum atomic E-state index is 2.47. The van der Waals surface area contributed by atoms with E-state index < -0.39 is 0 Å². The minimum absolute atomic E-state index is 0.215. The van der Waals surface area contributed by atoms with Crippen molar-refractivity contribution in [1.82, 2.24) is 0 Å². The van der Waals surface area contributed by atoms with Crippen LogP contribution in [0.15, 0.2) is 249 Å². The third-order valence-corrected chi connectivity index (χ3v) is 15.7. The lowest BCUT2D eigenvalue weighted by atomic mass is 9.81. The van der Waals surface area contributed by atoms with E-state index in [2.05, 4.69) is 281 Å². The number of rotatable bonds is 8. The minimum atomic E-state index is -0.215. The Morgan fingerprint density at radius 2 is 0.521 bits per heavy atom. The van der Waals surface area contributed by atoms with Crippen LogP contribution in [0.5, 0.6) is 0 Å². The fraction of sp³-hybridized carbons (Fsp3) is 0.0857. The summed E-state index contributed by atoms with van der Waals surface area (Å²) in [5.74, 6) is 0. The van der Waals surface area contributed by atoms with Crippen LogP contribution >= 0.6 is 0 Å². The Balaban J connectivity index is 0.874. The van der Waals surface area contributed by atoms with Crippen LogP contribution in [0.2, 0.25) is 0 Å². The monoisotopic (exact) mass is 907 g/mol. The van der Waals surface area contributed by atoms with Gasteiger partial charge in [-0.15, -0.1) is 0 Å². The summed E-state index contributed by atoms with van der Waals surface area (Å²) in [5.41, 5.74) is 26.0. The van der Waals surface area contributed by atoms with E-state index in [1.165, 1.54) is 111 Å². The number of nitrogens with zero attached hydrogens (tertiary/aromatic N) is 1. The maximum absolute atomic E-state index is 2.47. The molecule has 13 rings (SSSR count). The van der Waals surface area contributed by atoms with Gasteiger partial charge in [-0.2, -0.15) is 0 Å². The molecular formula is C70H53N. The molecule has 11 aromatic carbocycles. The lowest BCUT2D eigenvalue weighted by molar-refractivity contribution is 0.660. The van der Waals surface area contributed by atoms with Gasteiger partial charge in [0.15, 0.2) is 0 Å². The SMILES string of the molecule is CC1(C)c2cc(-c3ccc(-c4ccccc4)cc3)ccc2-c2ccc(N(c3ccc(-c4ccc5ccccc5c4)cc3)c3ccc4c(c3)C(C)(C)c3cc(-c5ccc(-c6ccccc6)cc5)ccc3-4)cc21. The van der Waals surface area contributed by atoms with Crippen molar-refractivity contribution in [3.63, 3.8) is 0 Å². The smallest absolute Gasteiger partial charge is 0.0465 e. The summed E-state index contributed by atoms with van der Waals surface area (Å²) >= 11 is 0. The first-order valence-electron chi connectivity index (χ1n) is 25.0. The first kappa shape index (κ1) is 42.6. The van der Waals surface area contributed by atoms with E-state index in [9.17, 15) is 0 Å². The summed E-state index contributed by atoms with van der Waals surface area (Å²) in [7, 11) is 0. The largest absolute Gasteiger partial charge is 0.310 e. The predicted octanol–water partition coefficient (Wildman–Crippen LogP) is 19.3. The number of fused-ring (bicyclic) bond motifs is 7. The summed E-state index contributed by atoms with van der Waals surface area (Å²) in [6, 6.07) is 92.3. The molecule has 0 heterocycles. The molecule has 0 radical (unpaired) electrons. The van der Waals surface area contributed by atoms with E-state index in [4.69, 9.17) is 0 Å². The van der Waals surface area contributed by atoms with E-state index in [0.717, 1.165) is 17.1 Å². The molecule has 71 heavy (non-hydrogen) atoms. The Bertz CT molecular complexity index is 3630. The van der Waals surface area contributed by atoms with Crippen LogP contribution in [0.4, 0.5) is 17.1 Å². The fourth-order valence-corrected chi connectivity index (χ4v) is 11.7. The van der Waals surface area contributed by atoms with Gasteiger partial charge in [-0.3, -0.25) is 0 Å². The van der Waals surface area contributed by atoms with Gasteiger partial charge in [0.1, 0.15) is 0 Å². The normalized spacial score (nSPS) is 13.6. The van der Waals surface area contributed by atoms with Crippen molar-refractivity contribution in [2.24, 2.45) is 0 Å². The third kappa shape index (κ3) is 7.23. The topological polar surface area (TPSA) is 3.24 Å². The summed E-state index contributed by atoms with van der Waals surface area (Å²) < 4.78 is 0. The van der Waals surface area contributed by atoms with Gasteiger partial charge in [0, 0.05) is 27.9 Å². The van der Waals surface area contributed by atoms with Gasteiger partial charge in [-0.05, 0) is 166 Å². The van der Waals surface area contributed by atoms with Gasteiger partial charge in [0.25, 0.3) is 0 Å². The second kappa shape index (κ2) is 16.6. The van der Waals surface area contributed by atoms with Crippen LogP contribution in [0.25, 0.3) is 88.7 Å². The van der Waals surface area contributed by atoms with Gasteiger partial charge >= 0.3 is 0 Å². The Morgan fingerprint density at radius 3 is 0.972 bits per heavy atom. The highest BCUT2D eigenvalue weighted by Crippen LogP contribution is 2.54. The molecule has 1 nitrogen and oxygen atoms in total. The maximum Gasteiger partial charge on any atom is 0.0465 e. The second-order valence-corrected chi connectivity index (χ2v) is 20.6. The van der Waals surface area contributed by atoms with E-state index in [0.29, 0.717) is 0 Å². The third-order valence-electron chi connectivity index (χ3n) is 15.7. The van der Waals surface area contributed by atoms with Crippen LogP contribution in [0.1, 0.15) is 49.9 Å². The number of hydrogen-bond acceptors (Lipinski definition) is 1. The lowest BCUT2D eigenvalue weighted by Gasteiger charge is -2.30. The number of benzene rings is 11. The Hall–Kier alpha value is -8.52. The van der Waals surface area contributed by atoms with Crippen molar-refractivity contribution < 1.29 is 0 Å². The summed E-state index contributed by atoms with van der Waals surface area (Å²) in [4.78, 5) is 2.47. The molecule has 0 fully saturated rings. The molecule has 0 aromatic heterocycles. The lowest BCUT2D eigenvalue weighted by Crippen LogP contribution is -2.18. The molecule has 0 aliphatic heterocycles. The van der Waals surface area contributed by atoms with E-state index in [1.54, 1.807) is 0 Å². The zero-order chi connectivity index (χ0) is 47.8. The van der Waals surface area contributed by atoms with E-state index in [-0.39, 0.29) is 10.8 Å². The van der Waals surface area contributed by atoms with Crippen molar-refractivity contribution >= 4 is 27.8 Å². The van der Waals surface area contributed by atoms with Gasteiger partial charge in [0.2, 0.25) is 0 Å². The molecule has 338 valence electrons. The van der Waals surface area contributed by atoms with Crippen LogP contribution in [0.3, 0.4) is 0 Å².